The lowest BCUT2D eigenvalue weighted by Crippen LogP contribution is -2.27. The highest BCUT2D eigenvalue weighted by Crippen LogP contribution is 2.27. The van der Waals surface area contributed by atoms with E-state index in [1.54, 1.807) is 0 Å². The van der Waals surface area contributed by atoms with Crippen LogP contribution in [0.1, 0.15) is 6.92 Å². The normalized spacial score (nSPS) is 11.7. The average molecular weight is 317 g/mol. The molecule has 1 unspecified atom stereocenters. The van der Waals surface area contributed by atoms with Gasteiger partial charge in [-0.3, -0.25) is 19.7 Å². The van der Waals surface area contributed by atoms with E-state index in [9.17, 15) is 19.7 Å². The number of carboxylic acid groups (broad SMARTS) is 1. The molecule has 1 aromatic carbocycles. The third-order valence-electron chi connectivity index (χ3n) is 2.19. The number of hydrogen-bond donors (Lipinski definition) is 2. The summed E-state index contributed by atoms with van der Waals surface area (Å²) in [6.45, 7) is 1.25. The number of nitrogens with one attached hydrogen (secondary N) is 1. The Morgan fingerprint density at radius 3 is 2.56 bits per heavy atom. The number of benzene rings is 1. The second-order valence-corrected chi connectivity index (χ2v) is 4.32. The molecular formula is C10H9BrN2O5. The topological polar surface area (TPSA) is 110 Å². The average Bonchev–Trinajstić information content (AvgIpc) is 2.30. The molecule has 18 heavy (non-hydrogen) atoms. The van der Waals surface area contributed by atoms with Crippen molar-refractivity contribution in [3.05, 3.63) is 32.8 Å². The zero-order valence-corrected chi connectivity index (χ0v) is 10.8. The van der Waals surface area contributed by atoms with Gasteiger partial charge in [-0.1, -0.05) is 0 Å². The highest BCUT2D eigenvalue weighted by molar-refractivity contribution is 9.10. The highest BCUT2D eigenvalue weighted by atomic mass is 79.9. The van der Waals surface area contributed by atoms with E-state index in [0.29, 0.717) is 4.47 Å². The van der Waals surface area contributed by atoms with Crippen LogP contribution in [0.15, 0.2) is 22.7 Å². The van der Waals surface area contributed by atoms with Gasteiger partial charge in [-0.05, 0) is 28.9 Å². The fraction of sp³-hybridized carbons (Fsp3) is 0.200. The lowest BCUT2D eigenvalue weighted by Gasteiger charge is -2.09. The molecular weight excluding hydrogens is 308 g/mol. The van der Waals surface area contributed by atoms with Crippen molar-refractivity contribution < 1.29 is 19.6 Å². The first-order valence-corrected chi connectivity index (χ1v) is 5.60. The van der Waals surface area contributed by atoms with Crippen LogP contribution in [0.2, 0.25) is 0 Å². The fourth-order valence-electron chi connectivity index (χ4n) is 1.07. The highest BCUT2D eigenvalue weighted by Gasteiger charge is 2.21. The summed E-state index contributed by atoms with van der Waals surface area (Å²) in [5, 5.41) is 21.5. The van der Waals surface area contributed by atoms with Crippen LogP contribution in [0.3, 0.4) is 0 Å². The van der Waals surface area contributed by atoms with Gasteiger partial charge in [0, 0.05) is 16.6 Å². The van der Waals surface area contributed by atoms with E-state index in [1.165, 1.54) is 25.1 Å². The van der Waals surface area contributed by atoms with Gasteiger partial charge in [0.15, 0.2) is 0 Å². The molecule has 1 atom stereocenters. The molecule has 1 aromatic rings. The van der Waals surface area contributed by atoms with Crippen LogP contribution in [-0.2, 0) is 9.59 Å². The Bertz CT molecular complexity index is 517. The molecule has 0 spiro atoms. The fourth-order valence-corrected chi connectivity index (χ4v) is 1.54. The molecule has 0 aromatic heterocycles. The number of rotatable bonds is 4. The molecule has 0 saturated carbocycles. The van der Waals surface area contributed by atoms with Gasteiger partial charge in [-0.15, -0.1) is 0 Å². The zero-order chi connectivity index (χ0) is 13.9. The molecule has 0 aliphatic heterocycles. The number of nitro benzene ring substituents is 1. The molecule has 0 saturated heterocycles. The first-order chi connectivity index (χ1) is 8.32. The molecule has 0 radical (unpaired) electrons. The van der Waals surface area contributed by atoms with Crippen LogP contribution in [0.25, 0.3) is 0 Å². The van der Waals surface area contributed by atoms with Gasteiger partial charge in [0.1, 0.15) is 5.92 Å². The molecule has 1 rings (SSSR count). The van der Waals surface area contributed by atoms with Crippen LogP contribution < -0.4 is 5.32 Å². The molecule has 0 heterocycles. The molecule has 96 valence electrons. The molecule has 1 amide bonds. The van der Waals surface area contributed by atoms with Crippen molar-refractivity contribution in [3.8, 4) is 0 Å². The van der Waals surface area contributed by atoms with E-state index in [-0.39, 0.29) is 11.4 Å². The summed E-state index contributed by atoms with van der Waals surface area (Å²) >= 11 is 3.06. The van der Waals surface area contributed by atoms with Crippen LogP contribution >= 0.6 is 15.9 Å². The van der Waals surface area contributed by atoms with Crippen molar-refractivity contribution in [2.24, 2.45) is 5.92 Å². The summed E-state index contributed by atoms with van der Waals surface area (Å²) in [6.07, 6.45) is 0. The Labute approximate surface area is 110 Å². The minimum absolute atomic E-state index is 0.133. The first kappa shape index (κ1) is 14.1. The molecule has 0 fully saturated rings. The lowest BCUT2D eigenvalue weighted by atomic mass is 10.1. The first-order valence-electron chi connectivity index (χ1n) is 4.80. The van der Waals surface area contributed by atoms with Crippen molar-refractivity contribution in [3.63, 3.8) is 0 Å². The number of halogens is 1. The van der Waals surface area contributed by atoms with Crippen molar-refractivity contribution >= 4 is 39.2 Å². The number of carbonyl (C=O) groups is 2. The molecule has 2 N–H and O–H groups in total. The van der Waals surface area contributed by atoms with Gasteiger partial charge in [0.25, 0.3) is 5.69 Å². The van der Waals surface area contributed by atoms with E-state index in [4.69, 9.17) is 5.11 Å². The van der Waals surface area contributed by atoms with Gasteiger partial charge < -0.3 is 10.4 Å². The molecule has 0 aliphatic carbocycles. The lowest BCUT2D eigenvalue weighted by molar-refractivity contribution is -0.384. The summed E-state index contributed by atoms with van der Waals surface area (Å²) in [4.78, 5) is 32.0. The Hall–Kier alpha value is -1.96. The van der Waals surface area contributed by atoms with Crippen LogP contribution in [0.4, 0.5) is 11.4 Å². The summed E-state index contributed by atoms with van der Waals surface area (Å²) in [5.41, 5.74) is 0.143. The number of carbonyl (C=O) groups excluding carboxylic acids is 1. The van der Waals surface area contributed by atoms with E-state index < -0.39 is 22.7 Å². The second kappa shape index (κ2) is 5.58. The van der Waals surface area contributed by atoms with Crippen molar-refractivity contribution in [1.82, 2.24) is 0 Å². The standard InChI is InChI=1S/C10H9BrN2O5/c1-5(10(15)16)9(14)12-8-3-2-6(13(17)18)4-7(8)11/h2-5H,1H3,(H,12,14)(H,15,16). The zero-order valence-electron chi connectivity index (χ0n) is 9.21. The number of non-ortho nitro benzene ring substituents is 1. The summed E-state index contributed by atoms with van der Waals surface area (Å²) in [6, 6.07) is 3.77. The predicted octanol–water partition coefficient (Wildman–Crippen LogP) is 2.02. The Morgan fingerprint density at radius 1 is 1.50 bits per heavy atom. The predicted molar refractivity (Wildman–Crippen MR) is 66.2 cm³/mol. The molecule has 0 bridgehead atoms. The van der Waals surface area contributed by atoms with Crippen LogP contribution in [0, 0.1) is 16.0 Å². The summed E-state index contributed by atoms with van der Waals surface area (Å²) in [7, 11) is 0. The molecule has 7 nitrogen and oxygen atoms in total. The Balaban J connectivity index is 2.89. The third-order valence-corrected chi connectivity index (χ3v) is 2.84. The smallest absolute Gasteiger partial charge is 0.315 e. The molecule has 8 heteroatoms. The summed E-state index contributed by atoms with van der Waals surface area (Å²) < 4.78 is 0.308. The van der Waals surface area contributed by atoms with E-state index in [2.05, 4.69) is 21.2 Å². The van der Waals surface area contributed by atoms with E-state index in [0.717, 1.165) is 0 Å². The van der Waals surface area contributed by atoms with Gasteiger partial charge in [0.2, 0.25) is 5.91 Å². The number of anilines is 1. The number of nitrogens with zero attached hydrogens (tertiary/aromatic N) is 1. The maximum atomic E-state index is 11.5. The Morgan fingerprint density at radius 2 is 2.11 bits per heavy atom. The van der Waals surface area contributed by atoms with Crippen molar-refractivity contribution in [2.75, 3.05) is 5.32 Å². The number of amides is 1. The maximum Gasteiger partial charge on any atom is 0.315 e. The number of nitro groups is 1. The number of carboxylic acids is 1. The third kappa shape index (κ3) is 3.27. The Kier molecular flexibility index (Phi) is 4.38. The minimum Gasteiger partial charge on any atom is -0.481 e. The van der Waals surface area contributed by atoms with Gasteiger partial charge in [-0.25, -0.2) is 0 Å². The van der Waals surface area contributed by atoms with E-state index >= 15 is 0 Å². The van der Waals surface area contributed by atoms with Gasteiger partial charge >= 0.3 is 5.97 Å². The monoisotopic (exact) mass is 316 g/mol. The van der Waals surface area contributed by atoms with Crippen molar-refractivity contribution in [1.29, 1.82) is 0 Å². The van der Waals surface area contributed by atoms with E-state index in [1.807, 2.05) is 0 Å². The number of aliphatic carboxylic acids is 1. The summed E-state index contributed by atoms with van der Waals surface area (Å²) in [5.74, 6) is -3.14. The minimum atomic E-state index is -1.24. The second-order valence-electron chi connectivity index (χ2n) is 3.47. The number of hydrogen-bond acceptors (Lipinski definition) is 4. The molecule has 0 aliphatic rings. The maximum absolute atomic E-state index is 11.5. The van der Waals surface area contributed by atoms with Crippen LogP contribution in [-0.4, -0.2) is 21.9 Å². The van der Waals surface area contributed by atoms with Gasteiger partial charge in [-0.2, -0.15) is 0 Å². The van der Waals surface area contributed by atoms with Crippen molar-refractivity contribution in [2.45, 2.75) is 6.92 Å². The largest absolute Gasteiger partial charge is 0.481 e. The SMILES string of the molecule is CC(C(=O)O)C(=O)Nc1ccc([N+](=O)[O-])cc1Br. The van der Waals surface area contributed by atoms with Gasteiger partial charge in [0.05, 0.1) is 10.6 Å². The quantitative estimate of drug-likeness (QED) is 0.501. The van der Waals surface area contributed by atoms with Crippen LogP contribution in [0.5, 0.6) is 0 Å².